The Bertz CT molecular complexity index is 982. The molecule has 0 unspecified atom stereocenters. The molecule has 3 aromatic rings. The molecule has 0 saturated carbocycles. The number of amides is 1. The van der Waals surface area contributed by atoms with Crippen molar-refractivity contribution in [3.8, 4) is 11.4 Å². The lowest BCUT2D eigenvalue weighted by atomic mass is 10.1. The highest BCUT2D eigenvalue weighted by molar-refractivity contribution is 6.33. The Morgan fingerprint density at radius 1 is 1.11 bits per heavy atom. The van der Waals surface area contributed by atoms with Crippen molar-refractivity contribution in [2.45, 2.75) is 26.8 Å². The highest BCUT2D eigenvalue weighted by Crippen LogP contribution is 2.23. The molecule has 3 rings (SSSR count). The second-order valence-electron chi connectivity index (χ2n) is 6.77. The maximum atomic E-state index is 12.5. The minimum atomic E-state index is -0.164. The third-order valence-corrected chi connectivity index (χ3v) is 4.27. The molecule has 0 saturated heterocycles. The van der Waals surface area contributed by atoms with E-state index in [2.05, 4.69) is 20.7 Å². The van der Waals surface area contributed by atoms with E-state index in [0.717, 1.165) is 0 Å². The van der Waals surface area contributed by atoms with E-state index in [1.165, 1.54) is 4.80 Å². The second-order valence-corrected chi connectivity index (χ2v) is 7.18. The van der Waals surface area contributed by atoms with Gasteiger partial charge in [0.2, 0.25) is 11.7 Å². The van der Waals surface area contributed by atoms with Crippen molar-refractivity contribution in [2.75, 3.05) is 5.32 Å². The van der Waals surface area contributed by atoms with Crippen LogP contribution in [-0.4, -0.2) is 31.9 Å². The Kier molecular flexibility index (Phi) is 6.16. The first kappa shape index (κ1) is 19.7. The Morgan fingerprint density at radius 2 is 1.82 bits per heavy atom. The number of carbonyl (C=O) groups excluding carboxylic acids is 2. The Balaban J connectivity index is 1.64. The summed E-state index contributed by atoms with van der Waals surface area (Å²) in [5.74, 6) is 0.435. The number of Topliss-reactive ketones (excluding diaryl/α,β-unsaturated/α-hetero) is 1. The lowest BCUT2D eigenvalue weighted by Gasteiger charge is -2.07. The largest absolute Gasteiger partial charge is 0.326 e. The van der Waals surface area contributed by atoms with Crippen LogP contribution in [0.25, 0.3) is 11.4 Å². The molecule has 0 fully saturated rings. The van der Waals surface area contributed by atoms with Crippen LogP contribution in [0.15, 0.2) is 48.5 Å². The molecule has 1 heterocycles. The van der Waals surface area contributed by atoms with Gasteiger partial charge in [-0.05, 0) is 47.5 Å². The van der Waals surface area contributed by atoms with Crippen molar-refractivity contribution in [3.63, 3.8) is 0 Å². The number of nitrogens with one attached hydrogen (secondary N) is 1. The van der Waals surface area contributed by atoms with Crippen LogP contribution in [0.4, 0.5) is 5.69 Å². The lowest BCUT2D eigenvalue weighted by molar-refractivity contribution is -0.116. The maximum absolute atomic E-state index is 12.5. The minimum absolute atomic E-state index is 0.0451. The standard InChI is InChI=1S/C20H20ClN5O2/c1-13(2)11-19(28)22-15-9-7-14(8-10-15)18(27)12-26-24-20(23-25-26)16-5-3-4-6-17(16)21/h3-10,13H,11-12H2,1-2H3,(H,22,28). The Morgan fingerprint density at radius 3 is 2.50 bits per heavy atom. The molecule has 0 radical (unpaired) electrons. The predicted molar refractivity (Wildman–Crippen MR) is 107 cm³/mol. The van der Waals surface area contributed by atoms with Gasteiger partial charge in [0.15, 0.2) is 5.78 Å². The molecular weight excluding hydrogens is 378 g/mol. The van der Waals surface area contributed by atoms with Crippen molar-refractivity contribution in [1.29, 1.82) is 0 Å². The molecule has 144 valence electrons. The van der Waals surface area contributed by atoms with E-state index in [0.29, 0.717) is 34.1 Å². The Hall–Kier alpha value is -3.06. The molecule has 0 aliphatic heterocycles. The highest BCUT2D eigenvalue weighted by Gasteiger charge is 2.13. The first-order valence-electron chi connectivity index (χ1n) is 8.88. The number of aromatic nitrogens is 4. The van der Waals surface area contributed by atoms with Gasteiger partial charge in [-0.1, -0.05) is 37.6 Å². The summed E-state index contributed by atoms with van der Waals surface area (Å²) < 4.78 is 0. The quantitative estimate of drug-likeness (QED) is 0.611. The van der Waals surface area contributed by atoms with Gasteiger partial charge in [0.25, 0.3) is 0 Å². The SMILES string of the molecule is CC(C)CC(=O)Nc1ccc(C(=O)Cn2nnc(-c3ccccc3Cl)n2)cc1. The van der Waals surface area contributed by atoms with Gasteiger partial charge in [-0.15, -0.1) is 10.2 Å². The predicted octanol–water partition coefficient (Wildman–Crippen LogP) is 3.86. The van der Waals surface area contributed by atoms with E-state index in [-0.39, 0.29) is 24.2 Å². The molecule has 1 N–H and O–H groups in total. The third-order valence-electron chi connectivity index (χ3n) is 3.94. The van der Waals surface area contributed by atoms with E-state index in [1.807, 2.05) is 26.0 Å². The summed E-state index contributed by atoms with van der Waals surface area (Å²) in [5, 5.41) is 15.4. The van der Waals surface area contributed by atoms with Crippen molar-refractivity contribution >= 4 is 29.0 Å². The number of tetrazole rings is 1. The third kappa shape index (κ3) is 5.01. The van der Waals surface area contributed by atoms with Crippen molar-refractivity contribution in [1.82, 2.24) is 20.2 Å². The summed E-state index contributed by atoms with van der Waals surface area (Å²) in [6.07, 6.45) is 0.451. The number of hydrogen-bond donors (Lipinski definition) is 1. The second kappa shape index (κ2) is 8.75. The van der Waals surface area contributed by atoms with Crippen LogP contribution in [0.2, 0.25) is 5.02 Å². The van der Waals surface area contributed by atoms with Crippen LogP contribution >= 0.6 is 11.6 Å². The van der Waals surface area contributed by atoms with Crippen LogP contribution in [0.1, 0.15) is 30.6 Å². The van der Waals surface area contributed by atoms with Crippen molar-refractivity contribution in [3.05, 3.63) is 59.1 Å². The van der Waals surface area contributed by atoms with E-state index < -0.39 is 0 Å². The van der Waals surface area contributed by atoms with Crippen LogP contribution in [0.3, 0.4) is 0 Å². The number of anilines is 1. The molecule has 0 bridgehead atoms. The van der Waals surface area contributed by atoms with Gasteiger partial charge in [-0.2, -0.15) is 4.80 Å². The van der Waals surface area contributed by atoms with Crippen LogP contribution in [0, 0.1) is 5.92 Å². The first-order valence-corrected chi connectivity index (χ1v) is 9.26. The zero-order valence-corrected chi connectivity index (χ0v) is 16.3. The average molecular weight is 398 g/mol. The molecule has 28 heavy (non-hydrogen) atoms. The molecule has 0 aliphatic rings. The van der Waals surface area contributed by atoms with Crippen molar-refractivity contribution in [2.24, 2.45) is 5.92 Å². The summed E-state index contributed by atoms with van der Waals surface area (Å²) in [4.78, 5) is 25.5. The molecule has 7 nitrogen and oxygen atoms in total. The molecule has 2 aromatic carbocycles. The topological polar surface area (TPSA) is 89.8 Å². The van der Waals surface area contributed by atoms with Crippen LogP contribution in [0.5, 0.6) is 0 Å². The molecule has 0 atom stereocenters. The zero-order valence-electron chi connectivity index (χ0n) is 15.6. The first-order chi connectivity index (χ1) is 13.4. The number of nitrogens with zero attached hydrogens (tertiary/aromatic N) is 4. The van der Waals surface area contributed by atoms with Gasteiger partial charge >= 0.3 is 0 Å². The summed E-state index contributed by atoms with van der Waals surface area (Å²) >= 11 is 6.13. The fourth-order valence-electron chi connectivity index (χ4n) is 2.60. The van der Waals surface area contributed by atoms with Gasteiger partial charge in [0.05, 0.1) is 5.02 Å². The monoisotopic (exact) mass is 397 g/mol. The van der Waals surface area contributed by atoms with Crippen molar-refractivity contribution < 1.29 is 9.59 Å². The van der Waals surface area contributed by atoms with Gasteiger partial charge in [0, 0.05) is 23.2 Å². The number of ketones is 1. The van der Waals surface area contributed by atoms with Gasteiger partial charge in [-0.25, -0.2) is 0 Å². The normalized spacial score (nSPS) is 10.9. The number of benzene rings is 2. The van der Waals surface area contributed by atoms with Crippen LogP contribution < -0.4 is 5.32 Å². The number of rotatable bonds is 7. The molecule has 8 heteroatoms. The van der Waals surface area contributed by atoms with Gasteiger partial charge in [0.1, 0.15) is 6.54 Å². The van der Waals surface area contributed by atoms with Crippen LogP contribution in [-0.2, 0) is 11.3 Å². The number of carbonyl (C=O) groups is 2. The fraction of sp³-hybridized carbons (Fsp3) is 0.250. The minimum Gasteiger partial charge on any atom is -0.326 e. The van der Waals surface area contributed by atoms with E-state index in [9.17, 15) is 9.59 Å². The summed E-state index contributed by atoms with van der Waals surface area (Å²) in [6.45, 7) is 3.92. The zero-order chi connectivity index (χ0) is 20.1. The summed E-state index contributed by atoms with van der Waals surface area (Å²) in [6, 6.07) is 13.9. The van der Waals surface area contributed by atoms with Gasteiger partial charge in [-0.3, -0.25) is 9.59 Å². The fourth-order valence-corrected chi connectivity index (χ4v) is 2.82. The molecular formula is C20H20ClN5O2. The molecule has 0 spiro atoms. The highest BCUT2D eigenvalue weighted by atomic mass is 35.5. The molecule has 1 aromatic heterocycles. The smallest absolute Gasteiger partial charge is 0.224 e. The van der Waals surface area contributed by atoms with Gasteiger partial charge < -0.3 is 5.32 Å². The Labute approximate surface area is 167 Å². The maximum Gasteiger partial charge on any atom is 0.224 e. The number of hydrogen-bond acceptors (Lipinski definition) is 5. The lowest BCUT2D eigenvalue weighted by Crippen LogP contribution is -2.15. The molecule has 0 aliphatic carbocycles. The average Bonchev–Trinajstić information content (AvgIpc) is 3.10. The molecule has 1 amide bonds. The van der Waals surface area contributed by atoms with E-state index >= 15 is 0 Å². The van der Waals surface area contributed by atoms with E-state index in [1.54, 1.807) is 36.4 Å². The number of halogens is 1. The van der Waals surface area contributed by atoms with E-state index in [4.69, 9.17) is 11.6 Å². The summed E-state index contributed by atoms with van der Waals surface area (Å²) in [7, 11) is 0. The summed E-state index contributed by atoms with van der Waals surface area (Å²) in [5.41, 5.74) is 1.81.